The van der Waals surface area contributed by atoms with E-state index in [0.29, 0.717) is 11.5 Å². The molecule has 0 amide bonds. The van der Waals surface area contributed by atoms with Gasteiger partial charge in [0.05, 0.1) is 0 Å². The molecule has 1 saturated heterocycles. The van der Waals surface area contributed by atoms with E-state index >= 15 is 0 Å². The number of hydrogen-bond acceptors (Lipinski definition) is 5. The van der Waals surface area contributed by atoms with Gasteiger partial charge in [0.2, 0.25) is 10.0 Å². The molecule has 0 spiro atoms. The van der Waals surface area contributed by atoms with Crippen LogP contribution >= 0.6 is 0 Å². The first-order valence-electron chi connectivity index (χ1n) is 5.50. The highest BCUT2D eigenvalue weighted by molar-refractivity contribution is 7.89. The van der Waals surface area contributed by atoms with Crippen molar-refractivity contribution in [3.05, 3.63) is 17.6 Å². The van der Waals surface area contributed by atoms with E-state index in [0.717, 1.165) is 0 Å². The molecule has 1 aliphatic rings. The van der Waals surface area contributed by atoms with Gasteiger partial charge in [0, 0.05) is 41.5 Å². The molecule has 1 N–H and O–H groups in total. The Morgan fingerprint density at radius 1 is 1.44 bits per heavy atom. The highest BCUT2D eigenvalue weighted by Gasteiger charge is 2.31. The lowest BCUT2D eigenvalue weighted by atomic mass is 10.4. The number of aliphatic hydroxyl groups excluding tert-OH is 1. The zero-order chi connectivity index (χ0) is 13.3. The summed E-state index contributed by atoms with van der Waals surface area (Å²) in [5.74, 6) is 1.23. The zero-order valence-corrected chi connectivity index (χ0v) is 11.6. The third kappa shape index (κ3) is 2.51. The van der Waals surface area contributed by atoms with Gasteiger partial charge in [-0.05, 0) is 6.92 Å². The second kappa shape index (κ2) is 5.12. The lowest BCUT2D eigenvalue weighted by Gasteiger charge is -2.25. The second-order valence-electron chi connectivity index (χ2n) is 4.04. The topological polar surface area (TPSA) is 87.8 Å². The Labute approximate surface area is 108 Å². The largest absolute Gasteiger partial charge is 0.462 e. The maximum Gasteiger partial charge on any atom is 0.246 e. The molecule has 2 rings (SSSR count). The van der Waals surface area contributed by atoms with Crippen LogP contribution in [0.15, 0.2) is 15.4 Å². The molecule has 18 heavy (non-hydrogen) atoms. The summed E-state index contributed by atoms with van der Waals surface area (Å²) in [6, 6.07) is 1.34. The number of aryl methyl sites for hydroxylation is 1. The summed E-state index contributed by atoms with van der Waals surface area (Å²) < 4.78 is 42.3. The minimum Gasteiger partial charge on any atom is -0.462 e. The van der Waals surface area contributed by atoms with Gasteiger partial charge in [0.1, 0.15) is 23.0 Å². The predicted octanol–water partition coefficient (Wildman–Crippen LogP) is -0.167. The highest BCUT2D eigenvalue weighted by Crippen LogP contribution is 2.24. The van der Waals surface area contributed by atoms with Gasteiger partial charge in [-0.1, -0.05) is 0 Å². The third-order valence-corrected chi connectivity index (χ3v) is 6.12. The van der Waals surface area contributed by atoms with Crippen molar-refractivity contribution >= 4 is 20.8 Å². The first-order chi connectivity index (χ1) is 8.45. The van der Waals surface area contributed by atoms with Gasteiger partial charge in [0.15, 0.2) is 0 Å². The van der Waals surface area contributed by atoms with Crippen molar-refractivity contribution in [1.82, 2.24) is 4.31 Å². The molecule has 0 radical (unpaired) electrons. The van der Waals surface area contributed by atoms with Crippen LogP contribution in [0.2, 0.25) is 0 Å². The minimum absolute atomic E-state index is 0.0826. The van der Waals surface area contributed by atoms with Crippen LogP contribution < -0.4 is 0 Å². The first kappa shape index (κ1) is 13.7. The molecular formula is C10H15NO5S2. The first-order valence-corrected chi connectivity index (χ1v) is 8.43. The van der Waals surface area contributed by atoms with Crippen molar-refractivity contribution in [3.8, 4) is 0 Å². The molecule has 1 aromatic heterocycles. The van der Waals surface area contributed by atoms with Crippen molar-refractivity contribution in [2.24, 2.45) is 0 Å². The fourth-order valence-electron chi connectivity index (χ4n) is 1.86. The van der Waals surface area contributed by atoms with Gasteiger partial charge in [0.25, 0.3) is 0 Å². The van der Waals surface area contributed by atoms with Gasteiger partial charge in [-0.2, -0.15) is 4.31 Å². The number of hydrogen-bond donors (Lipinski definition) is 1. The van der Waals surface area contributed by atoms with Gasteiger partial charge >= 0.3 is 0 Å². The number of sulfonamides is 1. The average molecular weight is 293 g/mol. The number of nitrogens with zero attached hydrogens (tertiary/aromatic N) is 1. The Kier molecular flexibility index (Phi) is 3.90. The fraction of sp³-hybridized carbons (Fsp3) is 0.600. The molecular weight excluding hydrogens is 278 g/mol. The number of furan rings is 1. The fourth-order valence-corrected chi connectivity index (χ4v) is 4.77. The smallest absolute Gasteiger partial charge is 0.246 e. The van der Waals surface area contributed by atoms with Gasteiger partial charge in [-0.25, -0.2) is 8.42 Å². The van der Waals surface area contributed by atoms with Crippen molar-refractivity contribution in [1.29, 1.82) is 0 Å². The van der Waals surface area contributed by atoms with E-state index in [1.54, 1.807) is 6.92 Å². The molecule has 102 valence electrons. The monoisotopic (exact) mass is 293 g/mol. The van der Waals surface area contributed by atoms with Crippen LogP contribution in [0.5, 0.6) is 0 Å². The van der Waals surface area contributed by atoms with Crippen LogP contribution in [0.25, 0.3) is 0 Å². The molecule has 0 saturated carbocycles. The lowest BCUT2D eigenvalue weighted by Crippen LogP contribution is -2.41. The molecule has 1 aliphatic heterocycles. The van der Waals surface area contributed by atoms with E-state index in [9.17, 15) is 12.6 Å². The Morgan fingerprint density at radius 3 is 2.56 bits per heavy atom. The average Bonchev–Trinajstić information content (AvgIpc) is 2.72. The zero-order valence-electron chi connectivity index (χ0n) is 9.96. The van der Waals surface area contributed by atoms with Crippen molar-refractivity contribution in [2.45, 2.75) is 18.4 Å². The summed E-state index contributed by atoms with van der Waals surface area (Å²) >= 11 is 0. The van der Waals surface area contributed by atoms with E-state index in [4.69, 9.17) is 9.52 Å². The predicted molar refractivity (Wildman–Crippen MR) is 66.0 cm³/mol. The van der Waals surface area contributed by atoms with Gasteiger partial charge in [-0.15, -0.1) is 0 Å². The highest BCUT2D eigenvalue weighted by atomic mass is 32.2. The quantitative estimate of drug-likeness (QED) is 0.836. The van der Waals surface area contributed by atoms with Crippen molar-refractivity contribution < 1.29 is 22.2 Å². The minimum atomic E-state index is -3.61. The summed E-state index contributed by atoms with van der Waals surface area (Å²) in [6.45, 7) is 1.73. The van der Waals surface area contributed by atoms with E-state index in [1.807, 2.05) is 0 Å². The molecule has 0 bridgehead atoms. The van der Waals surface area contributed by atoms with E-state index in [2.05, 4.69) is 0 Å². The molecule has 6 nitrogen and oxygen atoms in total. The number of rotatable bonds is 3. The molecule has 0 aliphatic carbocycles. The summed E-state index contributed by atoms with van der Waals surface area (Å²) in [6.07, 6.45) is 0. The van der Waals surface area contributed by atoms with Crippen molar-refractivity contribution in [2.75, 3.05) is 24.6 Å². The SMILES string of the molecule is Cc1oc(CO)cc1S(=O)(=O)N1CCS(=O)CC1. The van der Waals surface area contributed by atoms with E-state index in [-0.39, 0.29) is 36.1 Å². The molecule has 1 aromatic rings. The standard InChI is InChI=1S/C10H15NO5S2/c1-8-10(6-9(7-12)16-8)18(14,15)11-2-4-17(13)5-3-11/h6,12H,2-5,7H2,1H3. The summed E-state index contributed by atoms with van der Waals surface area (Å²) in [5, 5.41) is 8.94. The molecule has 0 aromatic carbocycles. The van der Waals surface area contributed by atoms with E-state index in [1.165, 1.54) is 10.4 Å². The summed E-state index contributed by atoms with van der Waals surface area (Å²) in [7, 11) is -4.53. The van der Waals surface area contributed by atoms with Crippen LogP contribution in [0.4, 0.5) is 0 Å². The Balaban J connectivity index is 2.30. The van der Waals surface area contributed by atoms with Crippen LogP contribution in [0.1, 0.15) is 11.5 Å². The molecule has 2 heterocycles. The lowest BCUT2D eigenvalue weighted by molar-refractivity contribution is 0.244. The maximum atomic E-state index is 12.3. The third-order valence-electron chi connectivity index (χ3n) is 2.83. The van der Waals surface area contributed by atoms with E-state index < -0.39 is 20.8 Å². The van der Waals surface area contributed by atoms with Crippen LogP contribution in [-0.4, -0.2) is 46.6 Å². The van der Waals surface area contributed by atoms with Gasteiger partial charge in [-0.3, -0.25) is 4.21 Å². The summed E-state index contributed by atoms with van der Waals surface area (Å²) in [5.41, 5.74) is 0. The normalized spacial score (nSPS) is 19.2. The van der Waals surface area contributed by atoms with Crippen LogP contribution in [0.3, 0.4) is 0 Å². The number of aliphatic hydroxyl groups is 1. The van der Waals surface area contributed by atoms with Crippen LogP contribution in [0, 0.1) is 6.92 Å². The maximum absolute atomic E-state index is 12.3. The summed E-state index contributed by atoms with van der Waals surface area (Å²) in [4.78, 5) is 0.0826. The molecule has 1 fully saturated rings. The van der Waals surface area contributed by atoms with Crippen LogP contribution in [-0.2, 0) is 27.4 Å². The second-order valence-corrected chi connectivity index (χ2v) is 7.65. The Bertz CT molecular complexity index is 553. The molecule has 8 heteroatoms. The Morgan fingerprint density at radius 2 is 2.06 bits per heavy atom. The van der Waals surface area contributed by atoms with Gasteiger partial charge < -0.3 is 9.52 Å². The Hall–Kier alpha value is -0.700. The molecule has 0 atom stereocenters. The van der Waals surface area contributed by atoms with Crippen molar-refractivity contribution in [3.63, 3.8) is 0 Å². The molecule has 0 unspecified atom stereocenters.